The van der Waals surface area contributed by atoms with Gasteiger partial charge in [-0.1, -0.05) is 47.7 Å². The summed E-state index contributed by atoms with van der Waals surface area (Å²) in [6, 6.07) is 21.5. The molecule has 0 amide bonds. The molecule has 5 aromatic rings. The minimum absolute atomic E-state index is 0.111. The van der Waals surface area contributed by atoms with Crippen LogP contribution in [0.4, 0.5) is 17.3 Å². The average Bonchev–Trinajstić information content (AvgIpc) is 3.34. The molecular weight excluding hydrogens is 510 g/mol. The first-order valence-electron chi connectivity index (χ1n) is 13.0. The van der Waals surface area contributed by atoms with Gasteiger partial charge in [0.2, 0.25) is 5.95 Å². The number of rotatable bonds is 7. The summed E-state index contributed by atoms with van der Waals surface area (Å²) < 4.78 is 1.67. The zero-order valence-corrected chi connectivity index (χ0v) is 22.4. The summed E-state index contributed by atoms with van der Waals surface area (Å²) in [5.74, 6) is 0.477. The Kier molecular flexibility index (Phi) is 7.06. The molecule has 10 heteroatoms. The summed E-state index contributed by atoms with van der Waals surface area (Å²) >= 11 is 1.45. The standard InChI is InChI=1S/C29H29N7O2S/c1-20-18-25(38)36-26(21-6-3-2-4-7-21)27(39-29(36)31-20)24-10-11-30-28(33-24)32-22-8-5-9-23(19-22)35-14-12-34(13-15-35)16-17-37/h2-11,18-19,37H,12-17H2,1H3,(H,30,32,33). The number of benzene rings is 2. The van der Waals surface area contributed by atoms with Gasteiger partial charge in [-0.2, -0.15) is 0 Å². The van der Waals surface area contributed by atoms with E-state index >= 15 is 0 Å². The Labute approximate surface area is 230 Å². The Morgan fingerprint density at radius 1 is 0.974 bits per heavy atom. The van der Waals surface area contributed by atoms with Gasteiger partial charge in [0.05, 0.1) is 22.9 Å². The molecule has 0 radical (unpaired) electrons. The van der Waals surface area contributed by atoms with E-state index in [9.17, 15) is 9.90 Å². The first-order chi connectivity index (χ1) is 19.1. The van der Waals surface area contributed by atoms with E-state index in [0.717, 1.165) is 65.9 Å². The van der Waals surface area contributed by atoms with E-state index in [4.69, 9.17) is 4.98 Å². The van der Waals surface area contributed by atoms with Gasteiger partial charge in [0.25, 0.3) is 5.56 Å². The molecule has 1 fully saturated rings. The van der Waals surface area contributed by atoms with Crippen molar-refractivity contribution in [2.75, 3.05) is 49.5 Å². The molecule has 0 aliphatic carbocycles. The average molecular weight is 540 g/mol. The molecule has 39 heavy (non-hydrogen) atoms. The quantitative estimate of drug-likeness (QED) is 0.320. The van der Waals surface area contributed by atoms with Crippen molar-refractivity contribution in [1.29, 1.82) is 0 Å². The van der Waals surface area contributed by atoms with Crippen molar-refractivity contribution < 1.29 is 5.11 Å². The van der Waals surface area contributed by atoms with Gasteiger partial charge in [-0.05, 0) is 31.2 Å². The SMILES string of the molecule is Cc1cc(=O)n2c(-c3ccccc3)c(-c3ccnc(Nc4cccc(N5CCN(CCO)CC5)c4)n3)sc2n1. The van der Waals surface area contributed by atoms with E-state index in [2.05, 4.69) is 37.2 Å². The van der Waals surface area contributed by atoms with Crippen LogP contribution >= 0.6 is 11.3 Å². The van der Waals surface area contributed by atoms with Gasteiger partial charge in [0, 0.05) is 67.6 Å². The second-order valence-electron chi connectivity index (χ2n) is 9.49. The van der Waals surface area contributed by atoms with Crippen LogP contribution in [0.3, 0.4) is 0 Å². The number of aliphatic hydroxyl groups excluding tert-OH is 1. The van der Waals surface area contributed by atoms with Gasteiger partial charge >= 0.3 is 0 Å². The summed E-state index contributed by atoms with van der Waals surface area (Å²) in [6.07, 6.45) is 1.73. The molecule has 2 N–H and O–H groups in total. The maximum atomic E-state index is 13.0. The number of β-amino-alcohol motifs (C(OH)–C–C–N with tert-alkyl or cyclic N) is 1. The molecule has 6 rings (SSSR count). The number of hydrogen-bond donors (Lipinski definition) is 2. The molecule has 0 unspecified atom stereocenters. The highest BCUT2D eigenvalue weighted by Gasteiger charge is 2.20. The Balaban J connectivity index is 1.32. The van der Waals surface area contributed by atoms with Gasteiger partial charge in [-0.15, -0.1) is 0 Å². The number of aryl methyl sites for hydroxylation is 1. The first kappa shape index (κ1) is 25.2. The molecule has 0 saturated carbocycles. The van der Waals surface area contributed by atoms with Gasteiger partial charge in [-0.25, -0.2) is 15.0 Å². The number of fused-ring (bicyclic) bond motifs is 1. The van der Waals surface area contributed by atoms with Crippen LogP contribution in [-0.2, 0) is 0 Å². The van der Waals surface area contributed by atoms with E-state index in [1.165, 1.54) is 11.3 Å². The number of piperazine rings is 1. The third-order valence-electron chi connectivity index (χ3n) is 6.84. The van der Waals surface area contributed by atoms with Crippen LogP contribution in [0.15, 0.2) is 77.7 Å². The van der Waals surface area contributed by atoms with Gasteiger partial charge in [0.1, 0.15) is 0 Å². The minimum atomic E-state index is -0.111. The van der Waals surface area contributed by atoms with Crippen molar-refractivity contribution in [3.8, 4) is 21.8 Å². The smallest absolute Gasteiger partial charge is 0.259 e. The lowest BCUT2D eigenvalue weighted by Gasteiger charge is -2.35. The predicted octanol–water partition coefficient (Wildman–Crippen LogP) is 4.05. The molecule has 1 aliphatic heterocycles. The molecular formula is C29H29N7O2S. The second-order valence-corrected chi connectivity index (χ2v) is 10.5. The number of aromatic nitrogens is 4. The fraction of sp³-hybridized carbons (Fsp3) is 0.241. The molecule has 0 spiro atoms. The number of hydrogen-bond acceptors (Lipinski definition) is 9. The topological polar surface area (TPSA) is 98.9 Å². The maximum absolute atomic E-state index is 13.0. The van der Waals surface area contributed by atoms with Crippen LogP contribution in [0.5, 0.6) is 0 Å². The highest BCUT2D eigenvalue weighted by Crippen LogP contribution is 2.37. The van der Waals surface area contributed by atoms with Crippen molar-refractivity contribution in [3.05, 3.63) is 89.0 Å². The lowest BCUT2D eigenvalue weighted by atomic mass is 10.1. The largest absolute Gasteiger partial charge is 0.395 e. The van der Waals surface area contributed by atoms with E-state index in [1.54, 1.807) is 16.7 Å². The third-order valence-corrected chi connectivity index (χ3v) is 7.90. The second kappa shape index (κ2) is 10.9. The molecule has 4 heterocycles. The van der Waals surface area contributed by atoms with Crippen molar-refractivity contribution in [2.24, 2.45) is 0 Å². The maximum Gasteiger partial charge on any atom is 0.259 e. The van der Waals surface area contributed by atoms with E-state index in [1.807, 2.05) is 55.5 Å². The van der Waals surface area contributed by atoms with E-state index < -0.39 is 0 Å². The minimum Gasteiger partial charge on any atom is -0.395 e. The van der Waals surface area contributed by atoms with Crippen LogP contribution < -0.4 is 15.8 Å². The number of thiazole rings is 1. The zero-order chi connectivity index (χ0) is 26.8. The molecule has 0 atom stereocenters. The normalized spacial score (nSPS) is 14.2. The highest BCUT2D eigenvalue weighted by molar-refractivity contribution is 7.20. The molecule has 9 nitrogen and oxygen atoms in total. The Morgan fingerprint density at radius 3 is 2.59 bits per heavy atom. The van der Waals surface area contributed by atoms with Crippen LogP contribution in [0.2, 0.25) is 0 Å². The fourth-order valence-corrected chi connectivity index (χ4v) is 6.11. The Bertz CT molecular complexity index is 1660. The van der Waals surface area contributed by atoms with E-state index in [0.29, 0.717) is 16.6 Å². The summed E-state index contributed by atoms with van der Waals surface area (Å²) in [5.41, 5.74) is 5.03. The van der Waals surface area contributed by atoms with Crippen molar-refractivity contribution in [3.63, 3.8) is 0 Å². The van der Waals surface area contributed by atoms with Crippen LogP contribution in [-0.4, -0.2) is 68.7 Å². The third kappa shape index (κ3) is 5.26. The van der Waals surface area contributed by atoms with Crippen LogP contribution in [0, 0.1) is 6.92 Å². The molecule has 1 saturated heterocycles. The Morgan fingerprint density at radius 2 is 1.79 bits per heavy atom. The molecule has 198 valence electrons. The summed E-state index contributed by atoms with van der Waals surface area (Å²) in [5, 5.41) is 12.6. The molecule has 0 bridgehead atoms. The van der Waals surface area contributed by atoms with Crippen LogP contribution in [0.25, 0.3) is 26.8 Å². The summed E-state index contributed by atoms with van der Waals surface area (Å²) in [4.78, 5) is 33.1. The first-order valence-corrected chi connectivity index (χ1v) is 13.8. The number of nitrogens with one attached hydrogen (secondary N) is 1. The van der Waals surface area contributed by atoms with E-state index in [-0.39, 0.29) is 12.2 Å². The summed E-state index contributed by atoms with van der Waals surface area (Å²) in [7, 11) is 0. The van der Waals surface area contributed by atoms with Gasteiger partial charge < -0.3 is 15.3 Å². The van der Waals surface area contributed by atoms with Crippen molar-refractivity contribution in [1.82, 2.24) is 24.3 Å². The van der Waals surface area contributed by atoms with Crippen LogP contribution in [0.1, 0.15) is 5.69 Å². The Hall–Kier alpha value is -4.12. The van der Waals surface area contributed by atoms with Gasteiger partial charge in [-0.3, -0.25) is 14.1 Å². The molecule has 3 aromatic heterocycles. The lowest BCUT2D eigenvalue weighted by molar-refractivity contribution is 0.189. The molecule has 2 aromatic carbocycles. The van der Waals surface area contributed by atoms with Gasteiger partial charge in [0.15, 0.2) is 4.96 Å². The number of aliphatic hydroxyl groups is 1. The zero-order valence-electron chi connectivity index (χ0n) is 21.6. The predicted molar refractivity (Wildman–Crippen MR) is 156 cm³/mol. The van der Waals surface area contributed by atoms with Crippen molar-refractivity contribution >= 4 is 33.6 Å². The monoisotopic (exact) mass is 539 g/mol. The van der Waals surface area contributed by atoms with Crippen molar-refractivity contribution in [2.45, 2.75) is 6.92 Å². The lowest BCUT2D eigenvalue weighted by Crippen LogP contribution is -2.47. The highest BCUT2D eigenvalue weighted by atomic mass is 32.1. The number of anilines is 3. The molecule has 1 aliphatic rings. The number of nitrogens with zero attached hydrogens (tertiary/aromatic N) is 6. The summed E-state index contributed by atoms with van der Waals surface area (Å²) in [6.45, 7) is 6.43. The fourth-order valence-electron chi connectivity index (χ4n) is 4.94.